The van der Waals surface area contributed by atoms with Gasteiger partial charge in [-0.05, 0) is 56.2 Å². The van der Waals surface area contributed by atoms with Gasteiger partial charge in [-0.3, -0.25) is 9.59 Å². The Morgan fingerprint density at radius 2 is 1.46 bits per heavy atom. The minimum atomic E-state index is -0.0116. The first-order chi connectivity index (χ1) is 13.5. The van der Waals surface area contributed by atoms with Crippen LogP contribution in [0.25, 0.3) is 0 Å². The van der Waals surface area contributed by atoms with Gasteiger partial charge in [0.15, 0.2) is 0 Å². The number of carbonyl (C=O) groups is 2. The summed E-state index contributed by atoms with van der Waals surface area (Å²) < 4.78 is 0. The van der Waals surface area contributed by atoms with E-state index in [0.29, 0.717) is 6.54 Å². The minimum absolute atomic E-state index is 0.0116. The molecule has 1 aliphatic rings. The van der Waals surface area contributed by atoms with Gasteiger partial charge in [-0.2, -0.15) is 0 Å². The van der Waals surface area contributed by atoms with Crippen LogP contribution in [0.1, 0.15) is 42.4 Å². The molecule has 3 rings (SSSR count). The van der Waals surface area contributed by atoms with Crippen LogP contribution in [0.2, 0.25) is 0 Å². The lowest BCUT2D eigenvalue weighted by Gasteiger charge is -2.30. The van der Waals surface area contributed by atoms with Crippen molar-refractivity contribution in [1.29, 1.82) is 0 Å². The van der Waals surface area contributed by atoms with Gasteiger partial charge in [-0.1, -0.05) is 48.5 Å². The second-order valence-corrected chi connectivity index (χ2v) is 7.98. The summed E-state index contributed by atoms with van der Waals surface area (Å²) >= 11 is 0. The number of benzene rings is 2. The highest BCUT2D eigenvalue weighted by Crippen LogP contribution is 2.31. The molecule has 1 fully saturated rings. The second-order valence-electron chi connectivity index (χ2n) is 7.98. The highest BCUT2D eigenvalue weighted by molar-refractivity contribution is 5.94. The van der Waals surface area contributed by atoms with E-state index in [0.717, 1.165) is 48.1 Å². The van der Waals surface area contributed by atoms with Crippen molar-refractivity contribution in [2.24, 2.45) is 11.8 Å². The van der Waals surface area contributed by atoms with Crippen LogP contribution < -0.4 is 5.32 Å². The zero-order valence-electron chi connectivity index (χ0n) is 17.1. The van der Waals surface area contributed by atoms with Gasteiger partial charge in [0.25, 0.3) is 0 Å². The zero-order chi connectivity index (χ0) is 20.1. The Labute approximate surface area is 167 Å². The van der Waals surface area contributed by atoms with Gasteiger partial charge < -0.3 is 10.2 Å². The third-order valence-electron chi connectivity index (χ3n) is 5.82. The van der Waals surface area contributed by atoms with Gasteiger partial charge in [0.2, 0.25) is 11.8 Å². The third-order valence-corrected chi connectivity index (χ3v) is 5.82. The first-order valence-electron chi connectivity index (χ1n) is 10.1. The van der Waals surface area contributed by atoms with Gasteiger partial charge in [0.05, 0.1) is 0 Å². The van der Waals surface area contributed by atoms with E-state index in [1.165, 1.54) is 0 Å². The lowest BCUT2D eigenvalue weighted by molar-refractivity contribution is -0.137. The van der Waals surface area contributed by atoms with Gasteiger partial charge in [0.1, 0.15) is 0 Å². The van der Waals surface area contributed by atoms with Crippen molar-refractivity contribution in [1.82, 2.24) is 4.90 Å². The maximum Gasteiger partial charge on any atom is 0.227 e. The SMILES string of the molecule is Cc1cccc(C)c1NC(=O)C1CCC(C(=O)N(C)Cc2ccccc2)CC1. The Morgan fingerprint density at radius 1 is 0.893 bits per heavy atom. The van der Waals surface area contributed by atoms with E-state index in [2.05, 4.69) is 5.32 Å². The lowest BCUT2D eigenvalue weighted by atomic mass is 9.81. The first kappa shape index (κ1) is 20.1. The molecule has 0 aromatic heterocycles. The number of aryl methyl sites for hydroxylation is 2. The fourth-order valence-electron chi connectivity index (χ4n) is 4.09. The standard InChI is InChI=1S/C24H30N2O2/c1-17-8-7-9-18(2)22(17)25-23(27)20-12-14-21(15-13-20)24(28)26(3)16-19-10-5-4-6-11-19/h4-11,20-21H,12-16H2,1-3H3,(H,25,27). The van der Waals surface area contributed by atoms with Crippen molar-refractivity contribution < 1.29 is 9.59 Å². The van der Waals surface area contributed by atoms with Crippen LogP contribution in [-0.4, -0.2) is 23.8 Å². The number of anilines is 1. The summed E-state index contributed by atoms with van der Waals surface area (Å²) in [6.07, 6.45) is 3.10. The molecule has 1 aliphatic carbocycles. The molecule has 0 atom stereocenters. The largest absolute Gasteiger partial charge is 0.341 e. The molecule has 148 valence electrons. The van der Waals surface area contributed by atoms with Crippen LogP contribution >= 0.6 is 0 Å². The number of nitrogens with one attached hydrogen (secondary N) is 1. The summed E-state index contributed by atoms with van der Waals surface area (Å²) in [7, 11) is 1.87. The smallest absolute Gasteiger partial charge is 0.227 e. The van der Waals surface area contributed by atoms with Gasteiger partial charge in [0, 0.05) is 31.1 Å². The van der Waals surface area contributed by atoms with Crippen molar-refractivity contribution in [2.45, 2.75) is 46.1 Å². The minimum Gasteiger partial charge on any atom is -0.341 e. The summed E-state index contributed by atoms with van der Waals surface area (Å²) in [6, 6.07) is 16.1. The highest BCUT2D eigenvalue weighted by atomic mass is 16.2. The number of hydrogen-bond acceptors (Lipinski definition) is 2. The van der Waals surface area contributed by atoms with Crippen molar-refractivity contribution in [3.63, 3.8) is 0 Å². The van der Waals surface area contributed by atoms with Gasteiger partial charge in [-0.15, -0.1) is 0 Å². The van der Waals surface area contributed by atoms with Crippen molar-refractivity contribution in [3.8, 4) is 0 Å². The molecule has 0 bridgehead atoms. The monoisotopic (exact) mass is 378 g/mol. The Balaban J connectivity index is 1.52. The van der Waals surface area contributed by atoms with Crippen LogP contribution in [0, 0.1) is 25.7 Å². The molecular weight excluding hydrogens is 348 g/mol. The average Bonchev–Trinajstić information content (AvgIpc) is 2.71. The number of para-hydroxylation sites is 1. The normalized spacial score (nSPS) is 19.1. The molecule has 0 heterocycles. The van der Waals surface area contributed by atoms with E-state index in [4.69, 9.17) is 0 Å². The van der Waals surface area contributed by atoms with Crippen LogP contribution in [0.3, 0.4) is 0 Å². The lowest BCUT2D eigenvalue weighted by Crippen LogP contribution is -2.36. The van der Waals surface area contributed by atoms with Crippen molar-refractivity contribution in [3.05, 3.63) is 65.2 Å². The van der Waals surface area contributed by atoms with Gasteiger partial charge in [-0.25, -0.2) is 0 Å². The summed E-state index contributed by atoms with van der Waals surface area (Å²) in [5.41, 5.74) is 4.23. The summed E-state index contributed by atoms with van der Waals surface area (Å²) in [5, 5.41) is 3.11. The number of rotatable bonds is 5. The topological polar surface area (TPSA) is 49.4 Å². The third kappa shape index (κ3) is 4.80. The Kier molecular flexibility index (Phi) is 6.50. The Hall–Kier alpha value is -2.62. The summed E-state index contributed by atoms with van der Waals surface area (Å²) in [6.45, 7) is 4.66. The van der Waals surface area contributed by atoms with Crippen LogP contribution in [-0.2, 0) is 16.1 Å². The fraction of sp³-hybridized carbons (Fsp3) is 0.417. The van der Waals surface area contributed by atoms with Crippen molar-refractivity contribution in [2.75, 3.05) is 12.4 Å². The van der Waals surface area contributed by atoms with E-state index >= 15 is 0 Å². The average molecular weight is 379 g/mol. The summed E-state index contributed by atoms with van der Waals surface area (Å²) in [4.78, 5) is 27.3. The highest BCUT2D eigenvalue weighted by Gasteiger charge is 2.31. The van der Waals surface area contributed by atoms with Crippen LogP contribution in [0.15, 0.2) is 48.5 Å². The Morgan fingerprint density at radius 3 is 2.07 bits per heavy atom. The predicted molar refractivity (Wildman–Crippen MR) is 113 cm³/mol. The molecule has 0 radical (unpaired) electrons. The second kappa shape index (κ2) is 9.05. The van der Waals surface area contributed by atoms with Crippen LogP contribution in [0.4, 0.5) is 5.69 Å². The Bertz CT molecular complexity index is 804. The maximum atomic E-state index is 12.8. The molecule has 2 aromatic carbocycles. The molecule has 0 aliphatic heterocycles. The van der Waals surface area contributed by atoms with Crippen LogP contribution in [0.5, 0.6) is 0 Å². The maximum absolute atomic E-state index is 12.8. The molecular formula is C24H30N2O2. The molecule has 4 heteroatoms. The summed E-state index contributed by atoms with van der Waals surface area (Å²) in [5.74, 6) is 0.291. The molecule has 2 amide bonds. The number of carbonyl (C=O) groups excluding carboxylic acids is 2. The van der Waals surface area contributed by atoms with E-state index in [1.807, 2.05) is 74.3 Å². The zero-order valence-corrected chi connectivity index (χ0v) is 17.1. The number of hydrogen-bond donors (Lipinski definition) is 1. The van der Waals surface area contributed by atoms with E-state index < -0.39 is 0 Å². The molecule has 1 N–H and O–H groups in total. The first-order valence-corrected chi connectivity index (χ1v) is 10.1. The molecule has 0 saturated heterocycles. The van der Waals surface area contributed by atoms with E-state index in [-0.39, 0.29) is 23.7 Å². The molecule has 2 aromatic rings. The molecule has 28 heavy (non-hydrogen) atoms. The quantitative estimate of drug-likeness (QED) is 0.819. The molecule has 0 spiro atoms. The van der Waals surface area contributed by atoms with E-state index in [1.54, 1.807) is 0 Å². The van der Waals surface area contributed by atoms with E-state index in [9.17, 15) is 9.59 Å². The van der Waals surface area contributed by atoms with Gasteiger partial charge >= 0.3 is 0 Å². The molecule has 4 nitrogen and oxygen atoms in total. The number of nitrogens with zero attached hydrogens (tertiary/aromatic N) is 1. The van der Waals surface area contributed by atoms with Crippen molar-refractivity contribution >= 4 is 17.5 Å². The fourth-order valence-corrected chi connectivity index (χ4v) is 4.09. The molecule has 1 saturated carbocycles. The predicted octanol–water partition coefficient (Wildman–Crippen LogP) is 4.71. The number of amides is 2. The molecule has 0 unspecified atom stereocenters.